The summed E-state index contributed by atoms with van der Waals surface area (Å²) < 4.78 is 18.6. The SMILES string of the molecule is COc1ccc(C(C)Nc2c(Cl)cccc2Cl)cc1F. The van der Waals surface area contributed by atoms with Gasteiger partial charge < -0.3 is 10.1 Å². The maximum absolute atomic E-state index is 13.7. The van der Waals surface area contributed by atoms with Crippen LogP contribution in [0.5, 0.6) is 5.75 Å². The van der Waals surface area contributed by atoms with Crippen molar-refractivity contribution < 1.29 is 9.13 Å². The number of halogens is 3. The zero-order valence-electron chi connectivity index (χ0n) is 11.1. The number of hydrogen-bond donors (Lipinski definition) is 1. The highest BCUT2D eigenvalue weighted by atomic mass is 35.5. The molecule has 0 saturated carbocycles. The van der Waals surface area contributed by atoms with Crippen molar-refractivity contribution in [2.75, 3.05) is 12.4 Å². The highest BCUT2D eigenvalue weighted by Gasteiger charge is 2.12. The van der Waals surface area contributed by atoms with E-state index in [-0.39, 0.29) is 11.8 Å². The molecule has 0 amide bonds. The summed E-state index contributed by atoms with van der Waals surface area (Å²) in [6.45, 7) is 1.90. The van der Waals surface area contributed by atoms with Crippen LogP contribution in [0.4, 0.5) is 10.1 Å². The number of ether oxygens (including phenoxy) is 1. The summed E-state index contributed by atoms with van der Waals surface area (Å²) >= 11 is 12.2. The third-order valence-electron chi connectivity index (χ3n) is 3.00. The summed E-state index contributed by atoms with van der Waals surface area (Å²) in [6, 6.07) is 9.94. The van der Waals surface area contributed by atoms with Gasteiger partial charge in [-0.3, -0.25) is 0 Å². The van der Waals surface area contributed by atoms with Gasteiger partial charge in [-0.25, -0.2) is 4.39 Å². The highest BCUT2D eigenvalue weighted by molar-refractivity contribution is 6.39. The Bertz CT molecular complexity index is 599. The number of hydrogen-bond acceptors (Lipinski definition) is 2. The molecule has 1 atom stereocenters. The van der Waals surface area contributed by atoms with Gasteiger partial charge in [-0.1, -0.05) is 35.3 Å². The Kier molecular flexibility index (Phi) is 4.73. The monoisotopic (exact) mass is 313 g/mol. The average molecular weight is 314 g/mol. The third kappa shape index (κ3) is 3.17. The lowest BCUT2D eigenvalue weighted by atomic mass is 10.1. The van der Waals surface area contributed by atoms with Crippen LogP contribution in [0.1, 0.15) is 18.5 Å². The largest absolute Gasteiger partial charge is 0.494 e. The van der Waals surface area contributed by atoms with Crippen LogP contribution in [0.15, 0.2) is 36.4 Å². The van der Waals surface area contributed by atoms with Crippen LogP contribution in [-0.2, 0) is 0 Å². The molecule has 2 aromatic rings. The summed E-state index contributed by atoms with van der Waals surface area (Å²) in [5.74, 6) is -0.180. The van der Waals surface area contributed by atoms with Gasteiger partial charge in [-0.15, -0.1) is 0 Å². The number of anilines is 1. The first kappa shape index (κ1) is 14.9. The Morgan fingerprint density at radius 3 is 2.35 bits per heavy atom. The molecular weight excluding hydrogens is 300 g/mol. The molecule has 2 aromatic carbocycles. The molecule has 0 radical (unpaired) electrons. The maximum Gasteiger partial charge on any atom is 0.165 e. The van der Waals surface area contributed by atoms with E-state index in [9.17, 15) is 4.39 Å². The molecule has 0 aliphatic rings. The second kappa shape index (κ2) is 6.33. The van der Waals surface area contributed by atoms with Gasteiger partial charge in [0.25, 0.3) is 0 Å². The maximum atomic E-state index is 13.7. The van der Waals surface area contributed by atoms with Crippen LogP contribution < -0.4 is 10.1 Å². The van der Waals surface area contributed by atoms with Gasteiger partial charge in [0.05, 0.1) is 22.8 Å². The number of para-hydroxylation sites is 1. The predicted molar refractivity (Wildman–Crippen MR) is 81.5 cm³/mol. The van der Waals surface area contributed by atoms with Crippen molar-refractivity contribution in [3.8, 4) is 5.75 Å². The topological polar surface area (TPSA) is 21.3 Å². The van der Waals surface area contributed by atoms with E-state index >= 15 is 0 Å². The number of rotatable bonds is 4. The van der Waals surface area contributed by atoms with E-state index in [0.717, 1.165) is 5.56 Å². The van der Waals surface area contributed by atoms with Crippen LogP contribution in [0.25, 0.3) is 0 Å². The van der Waals surface area contributed by atoms with E-state index in [0.29, 0.717) is 15.7 Å². The van der Waals surface area contributed by atoms with Gasteiger partial charge in [0.15, 0.2) is 11.6 Å². The zero-order valence-corrected chi connectivity index (χ0v) is 12.6. The molecule has 0 bridgehead atoms. The molecule has 0 aromatic heterocycles. The van der Waals surface area contributed by atoms with Crippen molar-refractivity contribution in [3.05, 3.63) is 57.8 Å². The van der Waals surface area contributed by atoms with Crippen LogP contribution in [-0.4, -0.2) is 7.11 Å². The standard InChI is InChI=1S/C15H14Cl2FNO/c1-9(10-6-7-14(20-2)13(18)8-10)19-15-11(16)4-3-5-12(15)17/h3-9,19H,1-2H3. The van der Waals surface area contributed by atoms with Crippen LogP contribution in [0.2, 0.25) is 10.0 Å². The third-order valence-corrected chi connectivity index (χ3v) is 3.63. The second-order valence-electron chi connectivity index (χ2n) is 4.36. The number of nitrogens with one attached hydrogen (secondary N) is 1. The Labute approximate surface area is 127 Å². The molecule has 1 unspecified atom stereocenters. The lowest BCUT2D eigenvalue weighted by Crippen LogP contribution is -2.08. The first-order valence-corrected chi connectivity index (χ1v) is 6.82. The fourth-order valence-electron chi connectivity index (χ4n) is 1.89. The molecule has 0 spiro atoms. The zero-order chi connectivity index (χ0) is 14.7. The van der Waals surface area contributed by atoms with Gasteiger partial charge in [-0.2, -0.15) is 0 Å². The summed E-state index contributed by atoms with van der Waals surface area (Å²) in [5.41, 5.74) is 1.42. The Hall–Kier alpha value is -1.45. The predicted octanol–water partition coefficient (Wildman–Crippen LogP) is 5.31. The van der Waals surface area contributed by atoms with Gasteiger partial charge >= 0.3 is 0 Å². The normalized spacial score (nSPS) is 12.1. The van der Waals surface area contributed by atoms with Gasteiger partial charge in [0.2, 0.25) is 0 Å². The molecule has 0 heterocycles. The van der Waals surface area contributed by atoms with Crippen molar-refractivity contribution in [1.82, 2.24) is 0 Å². The fraction of sp³-hybridized carbons (Fsp3) is 0.200. The summed E-state index contributed by atoms with van der Waals surface area (Å²) in [4.78, 5) is 0. The minimum absolute atomic E-state index is 0.146. The lowest BCUT2D eigenvalue weighted by molar-refractivity contribution is 0.386. The summed E-state index contributed by atoms with van der Waals surface area (Å²) in [7, 11) is 1.43. The molecule has 2 rings (SSSR count). The van der Waals surface area contributed by atoms with Gasteiger partial charge in [0, 0.05) is 6.04 Å². The van der Waals surface area contributed by atoms with E-state index in [1.54, 1.807) is 30.3 Å². The number of methoxy groups -OCH3 is 1. The molecule has 20 heavy (non-hydrogen) atoms. The van der Waals surface area contributed by atoms with E-state index in [4.69, 9.17) is 27.9 Å². The molecule has 1 N–H and O–H groups in total. The molecular formula is C15H14Cl2FNO. The van der Waals surface area contributed by atoms with E-state index in [2.05, 4.69) is 5.32 Å². The van der Waals surface area contributed by atoms with Crippen LogP contribution >= 0.6 is 23.2 Å². The second-order valence-corrected chi connectivity index (χ2v) is 5.17. The van der Waals surface area contributed by atoms with Crippen molar-refractivity contribution in [1.29, 1.82) is 0 Å². The van der Waals surface area contributed by atoms with Crippen molar-refractivity contribution in [2.24, 2.45) is 0 Å². The fourth-order valence-corrected chi connectivity index (χ4v) is 2.39. The van der Waals surface area contributed by atoms with Crippen molar-refractivity contribution in [3.63, 3.8) is 0 Å². The van der Waals surface area contributed by atoms with Crippen LogP contribution in [0, 0.1) is 5.82 Å². The lowest BCUT2D eigenvalue weighted by Gasteiger charge is -2.18. The molecule has 0 aliphatic heterocycles. The Morgan fingerprint density at radius 1 is 1.15 bits per heavy atom. The number of benzene rings is 2. The quantitative estimate of drug-likeness (QED) is 0.825. The molecule has 5 heteroatoms. The smallest absolute Gasteiger partial charge is 0.165 e. The van der Waals surface area contributed by atoms with Crippen molar-refractivity contribution in [2.45, 2.75) is 13.0 Å². The average Bonchev–Trinajstić information content (AvgIpc) is 2.42. The molecule has 0 aliphatic carbocycles. The van der Waals surface area contributed by atoms with E-state index in [1.165, 1.54) is 13.2 Å². The summed E-state index contributed by atoms with van der Waals surface area (Å²) in [6.07, 6.45) is 0. The first-order chi connectivity index (χ1) is 9.52. The highest BCUT2D eigenvalue weighted by Crippen LogP contribution is 2.33. The van der Waals surface area contributed by atoms with Gasteiger partial charge in [0.1, 0.15) is 0 Å². The van der Waals surface area contributed by atoms with Crippen molar-refractivity contribution >= 4 is 28.9 Å². The molecule has 0 fully saturated rings. The molecule has 2 nitrogen and oxygen atoms in total. The molecule has 0 saturated heterocycles. The molecule has 106 valence electrons. The van der Waals surface area contributed by atoms with E-state index in [1.807, 2.05) is 6.92 Å². The van der Waals surface area contributed by atoms with Gasteiger partial charge in [-0.05, 0) is 36.8 Å². The Morgan fingerprint density at radius 2 is 1.80 bits per heavy atom. The van der Waals surface area contributed by atoms with E-state index < -0.39 is 5.82 Å². The summed E-state index contributed by atoms with van der Waals surface area (Å²) in [5, 5.41) is 4.24. The van der Waals surface area contributed by atoms with Crippen LogP contribution in [0.3, 0.4) is 0 Å². The Balaban J connectivity index is 2.24. The minimum Gasteiger partial charge on any atom is -0.494 e. The minimum atomic E-state index is -0.399. The first-order valence-electron chi connectivity index (χ1n) is 6.07.